The molecule has 176 valence electrons. The maximum Gasteiger partial charge on any atom is 0.387 e. The topological polar surface area (TPSA) is 67.6 Å². The van der Waals surface area contributed by atoms with Crippen molar-refractivity contribution in [3.05, 3.63) is 48.0 Å². The molecular formula is C23H25F2N3O4S. The fourth-order valence-electron chi connectivity index (χ4n) is 3.65. The van der Waals surface area contributed by atoms with Crippen LogP contribution in [0.25, 0.3) is 11.4 Å². The Labute approximate surface area is 195 Å². The molecule has 1 unspecified atom stereocenters. The van der Waals surface area contributed by atoms with E-state index in [0.29, 0.717) is 12.3 Å². The molecule has 2 heterocycles. The van der Waals surface area contributed by atoms with Gasteiger partial charge in [0.1, 0.15) is 5.75 Å². The van der Waals surface area contributed by atoms with Crippen LogP contribution in [0, 0.1) is 0 Å². The van der Waals surface area contributed by atoms with E-state index in [1.165, 1.54) is 24.9 Å². The lowest BCUT2D eigenvalue weighted by Gasteiger charge is -2.15. The van der Waals surface area contributed by atoms with Gasteiger partial charge in [0.05, 0.1) is 26.9 Å². The molecule has 1 aliphatic rings. The van der Waals surface area contributed by atoms with Crippen LogP contribution in [0.3, 0.4) is 0 Å². The Balaban J connectivity index is 1.56. The van der Waals surface area contributed by atoms with Crippen LogP contribution in [-0.4, -0.2) is 48.3 Å². The van der Waals surface area contributed by atoms with Crippen molar-refractivity contribution in [2.45, 2.75) is 43.0 Å². The highest BCUT2D eigenvalue weighted by molar-refractivity contribution is 7.98. The molecule has 1 saturated heterocycles. The van der Waals surface area contributed by atoms with E-state index < -0.39 is 6.61 Å². The van der Waals surface area contributed by atoms with E-state index in [9.17, 15) is 8.78 Å². The van der Waals surface area contributed by atoms with E-state index in [1.54, 1.807) is 19.2 Å². The third-order valence-corrected chi connectivity index (χ3v) is 6.33. The Kier molecular flexibility index (Phi) is 7.66. The zero-order valence-corrected chi connectivity index (χ0v) is 19.2. The average Bonchev–Trinajstić information content (AvgIpc) is 3.48. The maximum absolute atomic E-state index is 12.6. The van der Waals surface area contributed by atoms with Crippen LogP contribution in [0.15, 0.2) is 47.6 Å². The van der Waals surface area contributed by atoms with Gasteiger partial charge in [-0.05, 0) is 54.8 Å². The molecule has 4 rings (SSSR count). The van der Waals surface area contributed by atoms with Gasteiger partial charge in [0, 0.05) is 17.9 Å². The summed E-state index contributed by atoms with van der Waals surface area (Å²) < 4.78 is 48.1. The highest BCUT2D eigenvalue weighted by Gasteiger charge is 2.22. The van der Waals surface area contributed by atoms with Crippen LogP contribution in [0.4, 0.5) is 8.78 Å². The van der Waals surface area contributed by atoms with Gasteiger partial charge in [0.2, 0.25) is 0 Å². The SMILES string of the molecule is COc1ccc(-c2nnc(SCc3ccc(OC(F)F)c(OC)c3)n2CC2CCCO2)cc1. The molecule has 7 nitrogen and oxygen atoms in total. The Hall–Kier alpha value is -2.85. The molecule has 0 spiro atoms. The van der Waals surface area contributed by atoms with Gasteiger partial charge in [-0.3, -0.25) is 4.57 Å². The highest BCUT2D eigenvalue weighted by Crippen LogP contribution is 2.33. The second kappa shape index (κ2) is 10.8. The van der Waals surface area contributed by atoms with Gasteiger partial charge in [-0.15, -0.1) is 10.2 Å². The summed E-state index contributed by atoms with van der Waals surface area (Å²) in [6, 6.07) is 12.6. The van der Waals surface area contributed by atoms with Gasteiger partial charge in [-0.25, -0.2) is 0 Å². The summed E-state index contributed by atoms with van der Waals surface area (Å²) in [4.78, 5) is 0. The number of nitrogens with zero attached hydrogens (tertiary/aromatic N) is 3. The molecule has 0 saturated carbocycles. The molecule has 0 bridgehead atoms. The standard InChI is InChI=1S/C23H25F2N3O4S/c1-29-17-8-6-16(7-9-17)21-26-27-23(28(21)13-18-4-3-11-31-18)33-14-15-5-10-19(32-22(24)25)20(12-15)30-2/h5-10,12,18,22H,3-4,11,13-14H2,1-2H3. The predicted octanol–water partition coefficient (Wildman–Crippen LogP) is 5.04. The fourth-order valence-corrected chi connectivity index (χ4v) is 4.54. The lowest BCUT2D eigenvalue weighted by atomic mass is 10.2. The smallest absolute Gasteiger partial charge is 0.387 e. The van der Waals surface area contributed by atoms with Crippen molar-refractivity contribution in [1.82, 2.24) is 14.8 Å². The van der Waals surface area contributed by atoms with Crippen molar-refractivity contribution in [2.75, 3.05) is 20.8 Å². The van der Waals surface area contributed by atoms with Gasteiger partial charge < -0.3 is 18.9 Å². The van der Waals surface area contributed by atoms with Gasteiger partial charge >= 0.3 is 6.61 Å². The second-order valence-electron chi connectivity index (χ2n) is 7.43. The molecule has 0 radical (unpaired) electrons. The lowest BCUT2D eigenvalue weighted by Crippen LogP contribution is -2.16. The number of rotatable bonds is 10. The Morgan fingerprint density at radius 1 is 1.09 bits per heavy atom. The highest BCUT2D eigenvalue weighted by atomic mass is 32.2. The Morgan fingerprint density at radius 2 is 1.91 bits per heavy atom. The summed E-state index contributed by atoms with van der Waals surface area (Å²) in [5.74, 6) is 2.34. The van der Waals surface area contributed by atoms with Crippen LogP contribution in [0.2, 0.25) is 0 Å². The van der Waals surface area contributed by atoms with Crippen LogP contribution in [0.1, 0.15) is 18.4 Å². The molecule has 33 heavy (non-hydrogen) atoms. The van der Waals surface area contributed by atoms with Gasteiger partial charge in [-0.2, -0.15) is 8.78 Å². The number of aromatic nitrogens is 3. The third-order valence-electron chi connectivity index (χ3n) is 5.29. The van der Waals surface area contributed by atoms with Crippen LogP contribution in [0.5, 0.6) is 17.2 Å². The van der Waals surface area contributed by atoms with Gasteiger partial charge in [0.25, 0.3) is 0 Å². The average molecular weight is 478 g/mol. The first-order chi connectivity index (χ1) is 16.1. The summed E-state index contributed by atoms with van der Waals surface area (Å²) in [6.45, 7) is -1.49. The molecule has 0 amide bonds. The summed E-state index contributed by atoms with van der Waals surface area (Å²) in [6.07, 6.45) is 2.15. The number of ether oxygens (including phenoxy) is 4. The van der Waals surface area contributed by atoms with Gasteiger partial charge in [-0.1, -0.05) is 17.8 Å². The van der Waals surface area contributed by atoms with E-state index in [-0.39, 0.29) is 17.6 Å². The van der Waals surface area contributed by atoms with Crippen molar-refractivity contribution >= 4 is 11.8 Å². The molecule has 0 N–H and O–H groups in total. The van der Waals surface area contributed by atoms with Crippen molar-refractivity contribution in [3.63, 3.8) is 0 Å². The van der Waals surface area contributed by atoms with E-state index in [2.05, 4.69) is 19.5 Å². The summed E-state index contributed by atoms with van der Waals surface area (Å²) >= 11 is 1.51. The number of halogens is 2. The minimum atomic E-state index is -2.91. The van der Waals surface area contributed by atoms with E-state index in [0.717, 1.165) is 47.3 Å². The molecule has 1 atom stereocenters. The normalized spacial score (nSPS) is 15.7. The summed E-state index contributed by atoms with van der Waals surface area (Å²) in [7, 11) is 3.05. The fraction of sp³-hybridized carbons (Fsp3) is 0.391. The van der Waals surface area contributed by atoms with E-state index in [4.69, 9.17) is 14.2 Å². The number of benzene rings is 2. The zero-order valence-electron chi connectivity index (χ0n) is 18.4. The second-order valence-corrected chi connectivity index (χ2v) is 8.38. The minimum Gasteiger partial charge on any atom is -0.497 e. The third kappa shape index (κ3) is 5.75. The molecule has 10 heteroatoms. The molecule has 3 aromatic rings. The lowest BCUT2D eigenvalue weighted by molar-refractivity contribution is -0.0512. The van der Waals surface area contributed by atoms with Crippen LogP contribution < -0.4 is 14.2 Å². The van der Waals surface area contributed by atoms with Crippen LogP contribution >= 0.6 is 11.8 Å². The van der Waals surface area contributed by atoms with Crippen LogP contribution in [-0.2, 0) is 17.0 Å². The number of methoxy groups -OCH3 is 2. The molecule has 1 aliphatic heterocycles. The summed E-state index contributed by atoms with van der Waals surface area (Å²) in [5, 5.41) is 9.62. The number of alkyl halides is 2. The van der Waals surface area contributed by atoms with E-state index in [1.807, 2.05) is 24.3 Å². The number of hydrogen-bond donors (Lipinski definition) is 0. The first-order valence-electron chi connectivity index (χ1n) is 10.5. The molecule has 2 aromatic carbocycles. The molecule has 1 fully saturated rings. The Morgan fingerprint density at radius 3 is 2.58 bits per heavy atom. The summed E-state index contributed by atoms with van der Waals surface area (Å²) in [5.41, 5.74) is 1.82. The van der Waals surface area contributed by atoms with E-state index >= 15 is 0 Å². The monoisotopic (exact) mass is 477 g/mol. The zero-order chi connectivity index (χ0) is 23.2. The quantitative estimate of drug-likeness (QED) is 0.379. The number of hydrogen-bond acceptors (Lipinski definition) is 7. The molecule has 1 aromatic heterocycles. The van der Waals surface area contributed by atoms with Gasteiger partial charge in [0.15, 0.2) is 22.5 Å². The molecule has 0 aliphatic carbocycles. The largest absolute Gasteiger partial charge is 0.497 e. The van der Waals surface area contributed by atoms with Crippen molar-refractivity contribution in [1.29, 1.82) is 0 Å². The van der Waals surface area contributed by atoms with Crippen molar-refractivity contribution in [3.8, 4) is 28.6 Å². The predicted molar refractivity (Wildman–Crippen MR) is 120 cm³/mol. The first-order valence-corrected chi connectivity index (χ1v) is 11.5. The van der Waals surface area contributed by atoms with Crippen molar-refractivity contribution in [2.24, 2.45) is 0 Å². The number of thioether (sulfide) groups is 1. The first kappa shape index (κ1) is 23.3. The Bertz CT molecular complexity index is 1060. The molecular weight excluding hydrogens is 452 g/mol. The van der Waals surface area contributed by atoms with Crippen molar-refractivity contribution < 1.29 is 27.7 Å². The minimum absolute atomic E-state index is 0.00425. The maximum atomic E-state index is 12.6.